The molecule has 0 unspecified atom stereocenters. The number of alkyl carbamates (subject to hydrolysis) is 1. The molecule has 0 bridgehead atoms. The standard InChI is InChI=1S/C23H39ClN2O3/c1-22(2,3)29-21(28)26-19(15-18-11-7-6-8-12-18)20(27)16-25-17-23(4,5)13-9-10-14-24/h6-8,11-12,19-20,25,27H,9-10,13-17H2,1-5H3,(H,26,28)/t19-,20-/m0/s1. The third-order valence-electron chi connectivity index (χ3n) is 4.66. The van der Waals surface area contributed by atoms with E-state index in [2.05, 4.69) is 24.5 Å². The van der Waals surface area contributed by atoms with E-state index in [0.717, 1.165) is 31.4 Å². The van der Waals surface area contributed by atoms with Crippen LogP contribution in [0.2, 0.25) is 0 Å². The maximum Gasteiger partial charge on any atom is 0.407 e. The van der Waals surface area contributed by atoms with E-state index >= 15 is 0 Å². The van der Waals surface area contributed by atoms with E-state index in [1.165, 1.54) is 0 Å². The van der Waals surface area contributed by atoms with Crippen LogP contribution in [0.4, 0.5) is 4.79 Å². The number of benzene rings is 1. The number of hydrogen-bond donors (Lipinski definition) is 3. The molecule has 0 heterocycles. The lowest BCUT2D eigenvalue weighted by Crippen LogP contribution is -2.50. The SMILES string of the molecule is CC(C)(CCCCCl)CNC[C@H](O)[C@H](Cc1ccccc1)NC(=O)OC(C)(C)C. The lowest BCUT2D eigenvalue weighted by molar-refractivity contribution is 0.0420. The molecule has 1 aromatic carbocycles. The highest BCUT2D eigenvalue weighted by Gasteiger charge is 2.25. The van der Waals surface area contributed by atoms with E-state index in [4.69, 9.17) is 16.3 Å². The van der Waals surface area contributed by atoms with Gasteiger partial charge in [-0.05, 0) is 51.0 Å². The van der Waals surface area contributed by atoms with Crippen LogP contribution < -0.4 is 10.6 Å². The summed E-state index contributed by atoms with van der Waals surface area (Å²) >= 11 is 5.77. The quantitative estimate of drug-likeness (QED) is 0.339. The lowest BCUT2D eigenvalue weighted by atomic mass is 9.87. The molecular weight excluding hydrogens is 388 g/mol. The molecule has 5 nitrogen and oxygen atoms in total. The fourth-order valence-corrected chi connectivity index (χ4v) is 3.29. The van der Waals surface area contributed by atoms with Crippen LogP contribution in [0.1, 0.15) is 59.4 Å². The van der Waals surface area contributed by atoms with Crippen molar-refractivity contribution in [2.24, 2.45) is 5.41 Å². The number of aliphatic hydroxyl groups is 1. The van der Waals surface area contributed by atoms with Gasteiger partial charge in [0.2, 0.25) is 0 Å². The second-order valence-electron chi connectivity index (χ2n) is 9.45. The van der Waals surface area contributed by atoms with E-state index in [-0.39, 0.29) is 5.41 Å². The Labute approximate surface area is 181 Å². The van der Waals surface area contributed by atoms with Crippen molar-refractivity contribution in [3.63, 3.8) is 0 Å². The molecule has 2 atom stereocenters. The smallest absolute Gasteiger partial charge is 0.407 e. The average molecular weight is 427 g/mol. The summed E-state index contributed by atoms with van der Waals surface area (Å²) in [6, 6.07) is 9.39. The largest absolute Gasteiger partial charge is 0.444 e. The highest BCUT2D eigenvalue weighted by molar-refractivity contribution is 6.17. The molecule has 1 amide bonds. The minimum absolute atomic E-state index is 0.124. The zero-order valence-corrected chi connectivity index (χ0v) is 19.4. The Morgan fingerprint density at radius 1 is 1.14 bits per heavy atom. The summed E-state index contributed by atoms with van der Waals surface area (Å²) in [5.41, 5.74) is 0.589. The van der Waals surface area contributed by atoms with Crippen LogP contribution in [0, 0.1) is 5.41 Å². The van der Waals surface area contributed by atoms with Crippen LogP contribution in [0.5, 0.6) is 0 Å². The molecule has 0 spiro atoms. The summed E-state index contributed by atoms with van der Waals surface area (Å²) in [5, 5.41) is 17.0. The van der Waals surface area contributed by atoms with Crippen molar-refractivity contribution in [3.8, 4) is 0 Å². The number of nitrogens with one attached hydrogen (secondary N) is 2. The fourth-order valence-electron chi connectivity index (χ4n) is 3.10. The van der Waals surface area contributed by atoms with Crippen LogP contribution in [0.15, 0.2) is 30.3 Å². The highest BCUT2D eigenvalue weighted by atomic mass is 35.5. The van der Waals surface area contributed by atoms with Gasteiger partial charge in [-0.25, -0.2) is 4.79 Å². The molecule has 6 heteroatoms. The van der Waals surface area contributed by atoms with Crippen LogP contribution in [-0.4, -0.2) is 47.9 Å². The second kappa shape index (κ2) is 12.4. The number of ether oxygens (including phenoxy) is 1. The molecule has 0 aliphatic heterocycles. The molecule has 0 aromatic heterocycles. The summed E-state index contributed by atoms with van der Waals surface area (Å²) < 4.78 is 5.38. The molecule has 0 aliphatic rings. The number of rotatable bonds is 12. The molecule has 1 aromatic rings. The average Bonchev–Trinajstić information content (AvgIpc) is 2.60. The number of aliphatic hydroxyl groups excluding tert-OH is 1. The van der Waals surface area contributed by atoms with Gasteiger partial charge in [0.15, 0.2) is 0 Å². The van der Waals surface area contributed by atoms with Crippen LogP contribution in [-0.2, 0) is 11.2 Å². The van der Waals surface area contributed by atoms with Crippen molar-refractivity contribution in [2.45, 2.75) is 78.0 Å². The zero-order chi connectivity index (χ0) is 21.9. The number of carbonyl (C=O) groups is 1. The van der Waals surface area contributed by atoms with Gasteiger partial charge < -0.3 is 20.5 Å². The summed E-state index contributed by atoms with van der Waals surface area (Å²) in [6.07, 6.45) is 2.47. The van der Waals surface area contributed by atoms with Gasteiger partial charge in [0.25, 0.3) is 0 Å². The van der Waals surface area contributed by atoms with Crippen molar-refractivity contribution < 1.29 is 14.6 Å². The zero-order valence-electron chi connectivity index (χ0n) is 18.6. The van der Waals surface area contributed by atoms with E-state index in [9.17, 15) is 9.90 Å². The highest BCUT2D eigenvalue weighted by Crippen LogP contribution is 2.22. The molecule has 0 aliphatic carbocycles. The molecule has 0 radical (unpaired) electrons. The summed E-state index contributed by atoms with van der Waals surface area (Å²) in [4.78, 5) is 12.3. The topological polar surface area (TPSA) is 70.6 Å². The predicted molar refractivity (Wildman–Crippen MR) is 121 cm³/mol. The Kier molecular flexibility index (Phi) is 11.0. The number of alkyl halides is 1. The molecule has 0 fully saturated rings. The number of unbranched alkanes of at least 4 members (excludes halogenated alkanes) is 1. The van der Waals surface area contributed by atoms with Crippen LogP contribution in [0.25, 0.3) is 0 Å². The monoisotopic (exact) mass is 426 g/mol. The second-order valence-corrected chi connectivity index (χ2v) is 9.83. The molecule has 3 N–H and O–H groups in total. The maximum atomic E-state index is 12.3. The first kappa shape index (κ1) is 25.7. The Balaban J connectivity index is 2.64. The van der Waals surface area contributed by atoms with E-state index in [1.807, 2.05) is 51.1 Å². The van der Waals surface area contributed by atoms with Crippen LogP contribution >= 0.6 is 11.6 Å². The predicted octanol–water partition coefficient (Wildman–Crippen LogP) is 4.51. The number of carbonyl (C=O) groups excluding carboxylic acids is 1. The number of halogens is 1. The van der Waals surface area contributed by atoms with Gasteiger partial charge in [0.1, 0.15) is 5.60 Å². The number of hydrogen-bond acceptors (Lipinski definition) is 4. The summed E-state index contributed by atoms with van der Waals surface area (Å²) in [7, 11) is 0. The Morgan fingerprint density at radius 2 is 1.79 bits per heavy atom. The molecule has 0 saturated heterocycles. The first-order valence-corrected chi connectivity index (χ1v) is 11.0. The van der Waals surface area contributed by atoms with E-state index < -0.39 is 23.8 Å². The van der Waals surface area contributed by atoms with Crippen molar-refractivity contribution in [1.29, 1.82) is 0 Å². The van der Waals surface area contributed by atoms with Gasteiger partial charge in [0, 0.05) is 19.0 Å². The van der Waals surface area contributed by atoms with Gasteiger partial charge in [-0.2, -0.15) is 0 Å². The molecule has 1 rings (SSSR count). The maximum absolute atomic E-state index is 12.3. The molecular formula is C23H39ClN2O3. The van der Waals surface area contributed by atoms with Gasteiger partial charge in [-0.3, -0.25) is 0 Å². The third-order valence-corrected chi connectivity index (χ3v) is 4.93. The molecule has 29 heavy (non-hydrogen) atoms. The first-order chi connectivity index (χ1) is 13.5. The third kappa shape index (κ3) is 12.1. The van der Waals surface area contributed by atoms with Gasteiger partial charge in [-0.15, -0.1) is 11.6 Å². The Morgan fingerprint density at radius 3 is 2.38 bits per heavy atom. The Hall–Kier alpha value is -1.30. The van der Waals surface area contributed by atoms with Crippen molar-refractivity contribution >= 4 is 17.7 Å². The normalized spacial score (nSPS) is 14.3. The van der Waals surface area contributed by atoms with Gasteiger partial charge >= 0.3 is 6.09 Å². The summed E-state index contributed by atoms with van der Waals surface area (Å²) in [5.74, 6) is 0.694. The van der Waals surface area contributed by atoms with Gasteiger partial charge in [-0.1, -0.05) is 50.6 Å². The summed E-state index contributed by atoms with van der Waals surface area (Å²) in [6.45, 7) is 11.1. The van der Waals surface area contributed by atoms with Crippen molar-refractivity contribution in [1.82, 2.24) is 10.6 Å². The minimum Gasteiger partial charge on any atom is -0.444 e. The Bertz CT molecular complexity index is 588. The minimum atomic E-state index is -0.735. The van der Waals surface area contributed by atoms with E-state index in [0.29, 0.717) is 18.8 Å². The lowest BCUT2D eigenvalue weighted by Gasteiger charge is -2.29. The molecule has 0 saturated carbocycles. The molecule has 166 valence electrons. The van der Waals surface area contributed by atoms with Crippen molar-refractivity contribution in [2.75, 3.05) is 19.0 Å². The van der Waals surface area contributed by atoms with Gasteiger partial charge in [0.05, 0.1) is 12.1 Å². The fraction of sp³-hybridized carbons (Fsp3) is 0.696. The number of amides is 1. The van der Waals surface area contributed by atoms with E-state index in [1.54, 1.807) is 0 Å². The van der Waals surface area contributed by atoms with Crippen LogP contribution in [0.3, 0.4) is 0 Å². The first-order valence-electron chi connectivity index (χ1n) is 10.5. The van der Waals surface area contributed by atoms with Crippen molar-refractivity contribution in [3.05, 3.63) is 35.9 Å².